The number of nitrogens with zero attached hydrogens (tertiary/aromatic N) is 1. The molecule has 7 nitrogen and oxygen atoms in total. The lowest BCUT2D eigenvalue weighted by Gasteiger charge is -2.15. The molecule has 1 aromatic heterocycles. The van der Waals surface area contributed by atoms with Gasteiger partial charge in [-0.25, -0.2) is 4.79 Å². The molecule has 1 fully saturated rings. The first-order valence-electron chi connectivity index (χ1n) is 8.54. The van der Waals surface area contributed by atoms with Gasteiger partial charge in [-0.15, -0.1) is 0 Å². The Morgan fingerprint density at radius 3 is 2.72 bits per heavy atom. The van der Waals surface area contributed by atoms with Crippen LogP contribution in [0.3, 0.4) is 0 Å². The SMILES string of the molecule is O=C(NCCCN1CCCC1=O)NCc1c[nH]c(=O)c2ccccc12. The second-order valence-corrected chi connectivity index (χ2v) is 6.14. The Morgan fingerprint density at radius 2 is 1.96 bits per heavy atom. The van der Waals surface area contributed by atoms with Crippen LogP contribution in [0.2, 0.25) is 0 Å². The quantitative estimate of drug-likeness (QED) is 0.692. The number of likely N-dealkylation sites (tertiary alicyclic amines) is 1. The predicted octanol–water partition coefficient (Wildman–Crippen LogP) is 1.34. The van der Waals surface area contributed by atoms with Gasteiger partial charge in [-0.2, -0.15) is 0 Å². The van der Waals surface area contributed by atoms with Gasteiger partial charge in [0.1, 0.15) is 0 Å². The van der Waals surface area contributed by atoms with E-state index < -0.39 is 0 Å². The highest BCUT2D eigenvalue weighted by Gasteiger charge is 2.18. The molecule has 2 aromatic rings. The second-order valence-electron chi connectivity index (χ2n) is 6.14. The van der Waals surface area contributed by atoms with Gasteiger partial charge in [-0.05, 0) is 29.9 Å². The molecule has 1 aliphatic rings. The third kappa shape index (κ3) is 4.17. The zero-order valence-corrected chi connectivity index (χ0v) is 14.0. The number of hydrogen-bond donors (Lipinski definition) is 3. The van der Waals surface area contributed by atoms with Crippen molar-refractivity contribution in [1.29, 1.82) is 0 Å². The van der Waals surface area contributed by atoms with Gasteiger partial charge in [0.15, 0.2) is 0 Å². The molecule has 3 rings (SSSR count). The third-order valence-corrected chi connectivity index (χ3v) is 4.40. The number of amides is 3. The minimum atomic E-state index is -0.261. The first-order valence-corrected chi connectivity index (χ1v) is 8.54. The van der Waals surface area contributed by atoms with Gasteiger partial charge < -0.3 is 20.5 Å². The monoisotopic (exact) mass is 342 g/mol. The van der Waals surface area contributed by atoms with E-state index in [0.717, 1.165) is 30.3 Å². The van der Waals surface area contributed by atoms with Crippen molar-refractivity contribution in [1.82, 2.24) is 20.5 Å². The van der Waals surface area contributed by atoms with Crippen LogP contribution in [0.15, 0.2) is 35.3 Å². The highest BCUT2D eigenvalue weighted by atomic mass is 16.2. The van der Waals surface area contributed by atoms with Gasteiger partial charge >= 0.3 is 6.03 Å². The number of urea groups is 1. The van der Waals surface area contributed by atoms with E-state index in [4.69, 9.17) is 0 Å². The Labute approximate surface area is 145 Å². The maximum Gasteiger partial charge on any atom is 0.315 e. The molecule has 3 N–H and O–H groups in total. The Morgan fingerprint density at radius 1 is 1.16 bits per heavy atom. The number of nitrogens with one attached hydrogen (secondary N) is 3. The van der Waals surface area contributed by atoms with E-state index in [0.29, 0.717) is 31.4 Å². The number of aromatic amines is 1. The fourth-order valence-corrected chi connectivity index (χ4v) is 3.07. The maximum atomic E-state index is 11.9. The zero-order chi connectivity index (χ0) is 17.6. The van der Waals surface area contributed by atoms with Crippen molar-refractivity contribution in [2.45, 2.75) is 25.8 Å². The number of hydrogen-bond acceptors (Lipinski definition) is 3. The van der Waals surface area contributed by atoms with Crippen LogP contribution in [0.5, 0.6) is 0 Å². The van der Waals surface area contributed by atoms with Crippen molar-refractivity contribution >= 4 is 22.7 Å². The van der Waals surface area contributed by atoms with Crippen molar-refractivity contribution in [3.8, 4) is 0 Å². The summed E-state index contributed by atoms with van der Waals surface area (Å²) in [6.07, 6.45) is 3.94. The molecule has 132 valence electrons. The number of carbonyl (C=O) groups excluding carboxylic acids is 2. The first kappa shape index (κ1) is 17.0. The number of fused-ring (bicyclic) bond motifs is 1. The smallest absolute Gasteiger partial charge is 0.315 e. The minimum absolute atomic E-state index is 0.139. The van der Waals surface area contributed by atoms with E-state index in [1.807, 2.05) is 23.1 Å². The molecule has 3 amide bonds. The highest BCUT2D eigenvalue weighted by molar-refractivity contribution is 5.85. The Kier molecular flexibility index (Phi) is 5.33. The van der Waals surface area contributed by atoms with E-state index in [2.05, 4.69) is 15.6 Å². The van der Waals surface area contributed by atoms with E-state index in [1.54, 1.807) is 12.3 Å². The average Bonchev–Trinajstić information content (AvgIpc) is 3.03. The molecular weight excluding hydrogens is 320 g/mol. The van der Waals surface area contributed by atoms with Crippen molar-refractivity contribution < 1.29 is 9.59 Å². The molecule has 2 heterocycles. The topological polar surface area (TPSA) is 94.3 Å². The first-order chi connectivity index (χ1) is 12.1. The molecule has 0 bridgehead atoms. The number of aromatic nitrogens is 1. The molecule has 7 heteroatoms. The van der Waals surface area contributed by atoms with Crippen LogP contribution in [-0.2, 0) is 11.3 Å². The summed E-state index contributed by atoms with van der Waals surface area (Å²) in [4.78, 5) is 39.7. The lowest BCUT2D eigenvalue weighted by molar-refractivity contribution is -0.127. The minimum Gasteiger partial charge on any atom is -0.343 e. The standard InChI is InChI=1S/C18H22N4O3/c23-16-7-3-9-22(16)10-4-8-19-18(25)21-12-13-11-20-17(24)15-6-2-1-5-14(13)15/h1-2,5-6,11H,3-4,7-10,12H2,(H,20,24)(H2,19,21,25). The molecule has 0 atom stereocenters. The van der Waals surface area contributed by atoms with Gasteiger partial charge in [-0.1, -0.05) is 18.2 Å². The molecule has 1 aliphatic heterocycles. The number of rotatable bonds is 6. The molecule has 0 unspecified atom stereocenters. The van der Waals surface area contributed by atoms with Crippen molar-refractivity contribution in [3.05, 3.63) is 46.4 Å². The van der Waals surface area contributed by atoms with Crippen LogP contribution < -0.4 is 16.2 Å². The Bertz CT molecular complexity index is 830. The van der Waals surface area contributed by atoms with Gasteiger partial charge in [0.05, 0.1) is 0 Å². The summed E-state index contributed by atoms with van der Waals surface area (Å²) in [6.45, 7) is 2.35. The van der Waals surface area contributed by atoms with Crippen molar-refractivity contribution in [3.63, 3.8) is 0 Å². The molecule has 0 radical (unpaired) electrons. The zero-order valence-electron chi connectivity index (χ0n) is 14.0. The summed E-state index contributed by atoms with van der Waals surface area (Å²) in [5.74, 6) is 0.203. The summed E-state index contributed by atoms with van der Waals surface area (Å²) < 4.78 is 0. The highest BCUT2D eigenvalue weighted by Crippen LogP contribution is 2.13. The predicted molar refractivity (Wildman–Crippen MR) is 95.2 cm³/mol. The van der Waals surface area contributed by atoms with Crippen LogP contribution >= 0.6 is 0 Å². The summed E-state index contributed by atoms with van der Waals surface area (Å²) in [6, 6.07) is 7.05. The molecular formula is C18H22N4O3. The molecule has 0 saturated carbocycles. The van der Waals surface area contributed by atoms with Crippen LogP contribution in [-0.4, -0.2) is 41.5 Å². The second kappa shape index (κ2) is 7.83. The van der Waals surface area contributed by atoms with Crippen LogP contribution in [0.1, 0.15) is 24.8 Å². The largest absolute Gasteiger partial charge is 0.343 e. The maximum absolute atomic E-state index is 11.9. The number of benzene rings is 1. The van der Waals surface area contributed by atoms with Crippen molar-refractivity contribution in [2.75, 3.05) is 19.6 Å². The fourth-order valence-electron chi connectivity index (χ4n) is 3.07. The van der Waals surface area contributed by atoms with Crippen molar-refractivity contribution in [2.24, 2.45) is 0 Å². The average molecular weight is 342 g/mol. The lowest BCUT2D eigenvalue weighted by Crippen LogP contribution is -2.37. The summed E-state index contributed by atoms with van der Waals surface area (Å²) in [7, 11) is 0. The Balaban J connectivity index is 1.46. The number of pyridine rings is 1. The van der Waals surface area contributed by atoms with Crippen LogP contribution in [0, 0.1) is 0 Å². The lowest BCUT2D eigenvalue weighted by atomic mass is 10.1. The summed E-state index contributed by atoms with van der Waals surface area (Å²) in [5.41, 5.74) is 0.716. The normalized spacial score (nSPS) is 14.1. The Hall–Kier alpha value is -2.83. The van der Waals surface area contributed by atoms with Crippen LogP contribution in [0.4, 0.5) is 4.79 Å². The summed E-state index contributed by atoms with van der Waals surface area (Å²) >= 11 is 0. The van der Waals surface area contributed by atoms with E-state index in [-0.39, 0.29) is 17.5 Å². The van der Waals surface area contributed by atoms with Gasteiger partial charge in [0.25, 0.3) is 5.56 Å². The van der Waals surface area contributed by atoms with E-state index in [9.17, 15) is 14.4 Å². The number of carbonyl (C=O) groups is 2. The molecule has 0 aliphatic carbocycles. The van der Waals surface area contributed by atoms with Crippen LogP contribution in [0.25, 0.3) is 10.8 Å². The van der Waals surface area contributed by atoms with E-state index in [1.165, 1.54) is 0 Å². The fraction of sp³-hybridized carbons (Fsp3) is 0.389. The molecule has 1 aromatic carbocycles. The molecule has 25 heavy (non-hydrogen) atoms. The molecule has 0 spiro atoms. The number of H-pyrrole nitrogens is 1. The third-order valence-electron chi connectivity index (χ3n) is 4.40. The van der Waals surface area contributed by atoms with E-state index >= 15 is 0 Å². The molecule has 1 saturated heterocycles. The van der Waals surface area contributed by atoms with Gasteiger partial charge in [0, 0.05) is 44.2 Å². The van der Waals surface area contributed by atoms with Gasteiger partial charge in [0.2, 0.25) is 5.91 Å². The van der Waals surface area contributed by atoms with Gasteiger partial charge in [-0.3, -0.25) is 9.59 Å². The summed E-state index contributed by atoms with van der Waals surface area (Å²) in [5, 5.41) is 7.03.